The minimum absolute atomic E-state index is 0. The van der Waals surface area contributed by atoms with Crippen LogP contribution in [-0.2, 0) is 25.0 Å². The van der Waals surface area contributed by atoms with Gasteiger partial charge in [-0.15, -0.1) is 0 Å². The molecule has 1 aromatic carbocycles. The van der Waals surface area contributed by atoms with Gasteiger partial charge in [-0.25, -0.2) is 0 Å². The van der Waals surface area contributed by atoms with Crippen LogP contribution in [0.3, 0.4) is 0 Å². The van der Waals surface area contributed by atoms with Gasteiger partial charge in [0.25, 0.3) is 0 Å². The number of pyridine rings is 1. The third kappa shape index (κ3) is 4.91. The van der Waals surface area contributed by atoms with E-state index in [0.29, 0.717) is 11.1 Å². The molecule has 8 heteroatoms. The second-order valence-corrected chi connectivity index (χ2v) is 3.76. The summed E-state index contributed by atoms with van der Waals surface area (Å²) >= 11 is 0. The van der Waals surface area contributed by atoms with E-state index in [2.05, 4.69) is 15.5 Å². The van der Waals surface area contributed by atoms with Crippen LogP contribution in [0.1, 0.15) is 15.9 Å². The number of hydrogen-bond acceptors (Lipinski definition) is 5. The summed E-state index contributed by atoms with van der Waals surface area (Å²) in [6.45, 7) is 0. The minimum atomic E-state index is -0.501. The molecule has 0 spiro atoms. The third-order valence-electron chi connectivity index (χ3n) is 2.50. The number of methoxy groups -OCH3 is 1. The first-order chi connectivity index (χ1) is 9.72. The van der Waals surface area contributed by atoms with Crippen LogP contribution in [0.4, 0.5) is 0 Å². The van der Waals surface area contributed by atoms with Crippen LogP contribution >= 0.6 is 0 Å². The monoisotopic (exact) mass is 352 g/mol. The summed E-state index contributed by atoms with van der Waals surface area (Å²) in [4.78, 5) is 15.4. The van der Waals surface area contributed by atoms with Crippen molar-refractivity contribution in [1.82, 2.24) is 4.98 Å². The normalized spacial score (nSPS) is 9.50. The van der Waals surface area contributed by atoms with Gasteiger partial charge in [0.15, 0.2) is 0 Å². The number of rotatable bonds is 4. The zero-order valence-corrected chi connectivity index (χ0v) is 14.9. The largest absolute Gasteiger partial charge is 2.00 e. The van der Waals surface area contributed by atoms with E-state index >= 15 is 0 Å². The van der Waals surface area contributed by atoms with Crippen molar-refractivity contribution in [1.29, 1.82) is 0 Å². The molecule has 1 amide bonds. The van der Waals surface area contributed by atoms with E-state index in [1.54, 1.807) is 18.2 Å². The van der Waals surface area contributed by atoms with Crippen molar-refractivity contribution in [3.63, 3.8) is 0 Å². The van der Waals surface area contributed by atoms with Crippen molar-refractivity contribution in [2.24, 2.45) is 5.10 Å². The molecule has 0 aliphatic carbocycles. The van der Waals surface area contributed by atoms with Crippen molar-refractivity contribution in [3.05, 3.63) is 59.3 Å². The van der Waals surface area contributed by atoms with Crippen molar-refractivity contribution in [3.8, 4) is 11.5 Å². The molecule has 1 aromatic heterocycles. The SMILES string of the molecule is COc1cccc(/C=N/[N-]C(=O)c2ccncc2)c1[O-].[OH3+].[Zn+2]. The van der Waals surface area contributed by atoms with Gasteiger partial charge in [0.05, 0.1) is 13.0 Å². The van der Waals surface area contributed by atoms with E-state index < -0.39 is 5.91 Å². The van der Waals surface area contributed by atoms with Crippen molar-refractivity contribution < 1.29 is 39.6 Å². The first kappa shape index (κ1) is 19.7. The van der Waals surface area contributed by atoms with E-state index in [1.165, 1.54) is 37.9 Å². The minimum Gasteiger partial charge on any atom is -0.870 e. The molecular weight excluding hydrogens is 340 g/mol. The van der Waals surface area contributed by atoms with Crippen LogP contribution in [0.25, 0.3) is 5.43 Å². The van der Waals surface area contributed by atoms with Gasteiger partial charge in [0, 0.05) is 24.2 Å². The molecule has 0 aliphatic heterocycles. The summed E-state index contributed by atoms with van der Waals surface area (Å²) in [5.41, 5.74) is 4.19. The molecule has 0 aliphatic rings. The van der Waals surface area contributed by atoms with Gasteiger partial charge in [0.2, 0.25) is 0 Å². The Hall–Kier alpha value is -2.31. The number of nitrogens with zero attached hydrogens (tertiary/aromatic N) is 3. The average Bonchev–Trinajstić information content (AvgIpc) is 2.49. The number of benzene rings is 1. The Bertz CT molecular complexity index is 635. The molecule has 110 valence electrons. The number of carbonyl (C=O) groups is 1. The molecule has 0 unspecified atom stereocenters. The number of ether oxygens (including phenoxy) is 1. The summed E-state index contributed by atoms with van der Waals surface area (Å²) in [7, 11) is 1.41. The second-order valence-electron chi connectivity index (χ2n) is 3.76. The first-order valence-corrected chi connectivity index (χ1v) is 5.75. The zero-order chi connectivity index (χ0) is 14.4. The van der Waals surface area contributed by atoms with E-state index in [1.807, 2.05) is 0 Å². The molecule has 0 radical (unpaired) electrons. The number of aromatic nitrogens is 1. The van der Waals surface area contributed by atoms with E-state index in [-0.39, 0.29) is 36.5 Å². The molecule has 0 bridgehead atoms. The van der Waals surface area contributed by atoms with Crippen molar-refractivity contribution in [2.75, 3.05) is 7.11 Å². The molecule has 0 saturated heterocycles. The summed E-state index contributed by atoms with van der Waals surface area (Å²) in [5, 5.41) is 15.4. The fourth-order valence-corrected chi connectivity index (χ4v) is 1.49. The Morgan fingerprint density at radius 3 is 2.64 bits per heavy atom. The van der Waals surface area contributed by atoms with Gasteiger partial charge < -0.3 is 30.6 Å². The van der Waals surface area contributed by atoms with Gasteiger partial charge in [-0.05, 0) is 23.8 Å². The Kier molecular flexibility index (Phi) is 8.59. The molecule has 2 rings (SSSR count). The quantitative estimate of drug-likeness (QED) is 0.349. The molecule has 7 nitrogen and oxygen atoms in total. The number of hydrogen-bond donors (Lipinski definition) is 0. The van der Waals surface area contributed by atoms with Crippen LogP contribution in [0.2, 0.25) is 0 Å². The topological polar surface area (TPSA) is 122 Å². The fraction of sp³-hybridized carbons (Fsp3) is 0.0714. The van der Waals surface area contributed by atoms with Gasteiger partial charge >= 0.3 is 19.5 Å². The van der Waals surface area contributed by atoms with Crippen LogP contribution in [-0.4, -0.2) is 24.2 Å². The third-order valence-corrected chi connectivity index (χ3v) is 2.50. The van der Waals surface area contributed by atoms with Gasteiger partial charge in [-0.1, -0.05) is 17.9 Å². The average molecular weight is 354 g/mol. The number of para-hydroxylation sites is 1. The van der Waals surface area contributed by atoms with Crippen LogP contribution in [0.5, 0.6) is 11.5 Å². The van der Waals surface area contributed by atoms with Crippen molar-refractivity contribution >= 4 is 12.1 Å². The van der Waals surface area contributed by atoms with E-state index in [4.69, 9.17) is 4.74 Å². The van der Waals surface area contributed by atoms with Crippen LogP contribution < -0.4 is 9.84 Å². The molecule has 3 N–H and O–H groups in total. The Labute approximate surface area is 140 Å². The maximum Gasteiger partial charge on any atom is 2.00 e. The Balaban J connectivity index is 0.00000220. The van der Waals surface area contributed by atoms with Crippen LogP contribution in [0, 0.1) is 0 Å². The number of carbonyl (C=O) groups excluding carboxylic acids is 1. The molecule has 0 atom stereocenters. The first-order valence-electron chi connectivity index (χ1n) is 5.75. The standard InChI is InChI=1S/C14H13N3O3.H2O.Zn/c1-20-12-4-2-3-11(13(12)18)9-16-17-14(19)10-5-7-15-8-6-10;;/h2-9H,1H3,(H2,15,16,17,18,19);1H2;/q;;+2/p-1. The summed E-state index contributed by atoms with van der Waals surface area (Å²) in [6, 6.07) is 7.85. The van der Waals surface area contributed by atoms with Gasteiger partial charge in [-0.3, -0.25) is 4.98 Å². The molecule has 1 heterocycles. The predicted molar refractivity (Wildman–Crippen MR) is 76.8 cm³/mol. The Morgan fingerprint density at radius 1 is 1.32 bits per heavy atom. The fourth-order valence-electron chi connectivity index (χ4n) is 1.49. The second kappa shape index (κ2) is 9.60. The summed E-state index contributed by atoms with van der Waals surface area (Å²) in [5.74, 6) is -0.585. The zero-order valence-electron chi connectivity index (χ0n) is 12.0. The van der Waals surface area contributed by atoms with Crippen LogP contribution in [0.15, 0.2) is 47.8 Å². The van der Waals surface area contributed by atoms with E-state index in [0.717, 1.165) is 0 Å². The molecule has 2 aromatic rings. The molecule has 0 saturated carbocycles. The maximum absolute atomic E-state index is 11.8. The molecule has 22 heavy (non-hydrogen) atoms. The van der Waals surface area contributed by atoms with Gasteiger partial charge in [0.1, 0.15) is 5.75 Å². The van der Waals surface area contributed by atoms with Crippen molar-refractivity contribution in [2.45, 2.75) is 0 Å². The Morgan fingerprint density at radius 2 is 2.00 bits per heavy atom. The predicted octanol–water partition coefficient (Wildman–Crippen LogP) is 0.787. The van der Waals surface area contributed by atoms with E-state index in [9.17, 15) is 9.90 Å². The maximum atomic E-state index is 11.8. The number of amides is 1. The summed E-state index contributed by atoms with van der Waals surface area (Å²) in [6.07, 6.45) is 4.21. The van der Waals surface area contributed by atoms with Gasteiger partial charge in [-0.2, -0.15) is 0 Å². The smallest absolute Gasteiger partial charge is 0.870 e. The molecule has 0 fully saturated rings. The molecular formula is C14H14N3O4Zn+. The summed E-state index contributed by atoms with van der Waals surface area (Å²) < 4.78 is 4.90.